The Morgan fingerprint density at radius 3 is 2.62 bits per heavy atom. The molecule has 0 unspecified atom stereocenters. The predicted molar refractivity (Wildman–Crippen MR) is 112 cm³/mol. The zero-order valence-corrected chi connectivity index (χ0v) is 17.5. The summed E-state index contributed by atoms with van der Waals surface area (Å²) in [6, 6.07) is 15.0. The molecule has 0 aliphatic heterocycles. The van der Waals surface area contributed by atoms with Crippen molar-refractivity contribution in [3.05, 3.63) is 84.1 Å². The summed E-state index contributed by atoms with van der Waals surface area (Å²) in [7, 11) is -4.63. The van der Waals surface area contributed by atoms with Crippen LogP contribution in [0, 0.1) is 5.82 Å². The van der Waals surface area contributed by atoms with E-state index in [0.717, 1.165) is 16.8 Å². The zero-order valence-electron chi connectivity index (χ0n) is 16.6. The maximum absolute atomic E-state index is 13.1. The van der Waals surface area contributed by atoms with Crippen molar-refractivity contribution in [1.29, 1.82) is 0 Å². The maximum Gasteiger partial charge on any atom is 0.472 e. The summed E-state index contributed by atoms with van der Waals surface area (Å²) in [5.41, 5.74) is 9.70. The molecule has 0 atom stereocenters. The normalized spacial score (nSPS) is 11.6. The Morgan fingerprint density at radius 2 is 1.94 bits per heavy atom. The lowest BCUT2D eigenvalue weighted by Gasteiger charge is -2.07. The van der Waals surface area contributed by atoms with Crippen molar-refractivity contribution < 1.29 is 32.4 Å². The van der Waals surface area contributed by atoms with Crippen molar-refractivity contribution in [2.75, 3.05) is 5.73 Å². The first-order valence-corrected chi connectivity index (χ1v) is 11.0. The predicted octanol–water partition coefficient (Wildman–Crippen LogP) is 3.07. The number of nitrogens with two attached hydrogens (primary N) is 1. The molecule has 0 aliphatic carbocycles. The second-order valence-electron chi connectivity index (χ2n) is 6.94. The fraction of sp³-hybridized carbons (Fsp3) is 0.0952. The summed E-state index contributed by atoms with van der Waals surface area (Å²) in [6.07, 6.45) is 3.71. The lowest BCUT2D eigenvalue weighted by atomic mass is 10.1. The van der Waals surface area contributed by atoms with Gasteiger partial charge in [-0.25, -0.2) is 18.0 Å². The van der Waals surface area contributed by atoms with Crippen LogP contribution in [0.4, 0.5) is 10.2 Å². The van der Waals surface area contributed by atoms with Crippen LogP contribution in [-0.2, 0) is 22.2 Å². The third-order valence-corrected chi connectivity index (χ3v) is 5.11. The minimum atomic E-state index is -4.63. The van der Waals surface area contributed by atoms with E-state index in [9.17, 15) is 8.96 Å². The van der Waals surface area contributed by atoms with Crippen molar-refractivity contribution >= 4 is 13.6 Å². The molecular weight excluding hydrogens is 438 g/mol. The largest absolute Gasteiger partial charge is 0.472 e. The van der Waals surface area contributed by atoms with E-state index in [2.05, 4.69) is 14.7 Å². The minimum absolute atomic E-state index is 0.203. The van der Waals surface area contributed by atoms with E-state index in [0.29, 0.717) is 23.4 Å². The molecule has 11 heteroatoms. The highest BCUT2D eigenvalue weighted by atomic mass is 31.2. The van der Waals surface area contributed by atoms with Crippen molar-refractivity contribution in [3.63, 3.8) is 0 Å². The van der Waals surface area contributed by atoms with Crippen molar-refractivity contribution in [2.45, 2.75) is 13.2 Å². The maximum atomic E-state index is 13.1. The molecule has 0 fully saturated rings. The molecule has 3 heterocycles. The average molecular weight is 457 g/mol. The Balaban J connectivity index is 1.48. The third-order valence-electron chi connectivity index (χ3n) is 4.65. The molecule has 0 amide bonds. The van der Waals surface area contributed by atoms with Gasteiger partial charge in [0.2, 0.25) is 6.73 Å². The number of benzene rings is 1. The van der Waals surface area contributed by atoms with Gasteiger partial charge in [0.1, 0.15) is 11.4 Å². The number of hydrogen-bond acceptors (Lipinski definition) is 6. The van der Waals surface area contributed by atoms with Gasteiger partial charge in [-0.15, -0.1) is 0 Å². The fourth-order valence-corrected chi connectivity index (χ4v) is 3.35. The van der Waals surface area contributed by atoms with Crippen LogP contribution in [0.2, 0.25) is 0 Å². The van der Waals surface area contributed by atoms with Gasteiger partial charge < -0.3 is 14.3 Å². The Labute approximate surface area is 182 Å². The Kier molecular flexibility index (Phi) is 6.11. The van der Waals surface area contributed by atoms with Gasteiger partial charge in [0.15, 0.2) is 5.76 Å². The van der Waals surface area contributed by atoms with Crippen molar-refractivity contribution in [3.8, 4) is 22.6 Å². The molecule has 0 saturated carbocycles. The van der Waals surface area contributed by atoms with Gasteiger partial charge in [-0.1, -0.05) is 11.2 Å². The molecule has 3 aromatic heterocycles. The first kappa shape index (κ1) is 21.8. The van der Waals surface area contributed by atoms with E-state index in [1.807, 2.05) is 12.1 Å². The van der Waals surface area contributed by atoms with E-state index in [1.165, 1.54) is 22.9 Å². The second kappa shape index (κ2) is 8.97. The number of rotatable bonds is 7. The summed E-state index contributed by atoms with van der Waals surface area (Å²) >= 11 is 0. The van der Waals surface area contributed by atoms with Crippen LogP contribution >= 0.6 is 7.82 Å². The molecule has 4 aromatic rings. The Bertz CT molecular complexity index is 1270. The highest BCUT2D eigenvalue weighted by Gasteiger charge is 2.20. The van der Waals surface area contributed by atoms with Crippen LogP contribution in [0.3, 0.4) is 0 Å². The molecule has 0 aliphatic rings. The number of hydrogen-bond donors (Lipinski definition) is 3. The van der Waals surface area contributed by atoms with Crippen molar-refractivity contribution in [1.82, 2.24) is 10.1 Å². The molecule has 0 bridgehead atoms. The Morgan fingerprint density at radius 1 is 1.16 bits per heavy atom. The number of phosphoric ester groups is 1. The number of aromatic nitrogens is 3. The van der Waals surface area contributed by atoms with E-state index in [1.54, 1.807) is 36.5 Å². The van der Waals surface area contributed by atoms with E-state index < -0.39 is 14.6 Å². The summed E-state index contributed by atoms with van der Waals surface area (Å²) in [4.78, 5) is 22.2. The molecule has 4 rings (SSSR count). The van der Waals surface area contributed by atoms with Gasteiger partial charge in [-0.2, -0.15) is 0 Å². The van der Waals surface area contributed by atoms with Crippen LogP contribution < -0.4 is 10.3 Å². The number of anilines is 1. The lowest BCUT2D eigenvalue weighted by molar-refractivity contribution is -0.711. The van der Waals surface area contributed by atoms with Crippen LogP contribution in [0.5, 0.6) is 0 Å². The Hall–Kier alpha value is -3.43. The lowest BCUT2D eigenvalue weighted by Crippen LogP contribution is -2.38. The number of nitrogens with zero attached hydrogens (tertiary/aromatic N) is 3. The van der Waals surface area contributed by atoms with Crippen LogP contribution in [0.25, 0.3) is 22.6 Å². The highest BCUT2D eigenvalue weighted by molar-refractivity contribution is 7.46. The highest BCUT2D eigenvalue weighted by Crippen LogP contribution is 2.35. The number of nitrogen functional groups attached to an aromatic ring is 1. The van der Waals surface area contributed by atoms with Gasteiger partial charge in [-0.05, 0) is 48.0 Å². The SMILES string of the molecule is Nc1c(-c2cc(Cc3ccc(-c4ccc(F)cc4)nc3)no2)ccc[n+]1COP(=O)(O)O. The number of halogens is 1. The van der Waals surface area contributed by atoms with Crippen LogP contribution in [0.1, 0.15) is 11.3 Å². The number of phosphoric acid groups is 1. The molecule has 4 N–H and O–H groups in total. The van der Waals surface area contributed by atoms with Gasteiger partial charge in [0, 0.05) is 24.2 Å². The average Bonchev–Trinajstić information content (AvgIpc) is 3.22. The van der Waals surface area contributed by atoms with E-state index in [-0.39, 0.29) is 11.6 Å². The topological polar surface area (TPSA) is 136 Å². The fourth-order valence-electron chi connectivity index (χ4n) is 3.07. The summed E-state index contributed by atoms with van der Waals surface area (Å²) in [5.74, 6) is 0.305. The van der Waals surface area contributed by atoms with Gasteiger partial charge >= 0.3 is 7.82 Å². The summed E-state index contributed by atoms with van der Waals surface area (Å²) in [6.45, 7) is -0.420. The molecular formula is C21H19FN4O5P+. The zero-order chi connectivity index (χ0) is 22.7. The molecule has 0 radical (unpaired) electrons. The number of pyridine rings is 2. The van der Waals surface area contributed by atoms with Crippen LogP contribution in [-0.4, -0.2) is 19.9 Å². The molecule has 0 spiro atoms. The summed E-state index contributed by atoms with van der Waals surface area (Å²) < 4.78 is 35.3. The first-order valence-electron chi connectivity index (χ1n) is 9.43. The third kappa shape index (κ3) is 5.24. The van der Waals surface area contributed by atoms with Gasteiger partial charge in [0.25, 0.3) is 5.82 Å². The van der Waals surface area contributed by atoms with E-state index in [4.69, 9.17) is 20.0 Å². The van der Waals surface area contributed by atoms with Crippen LogP contribution in [0.15, 0.2) is 71.5 Å². The molecule has 9 nitrogen and oxygen atoms in total. The van der Waals surface area contributed by atoms with E-state index >= 15 is 0 Å². The van der Waals surface area contributed by atoms with Gasteiger partial charge in [0.05, 0.1) is 17.6 Å². The molecule has 1 aromatic carbocycles. The second-order valence-corrected chi connectivity index (χ2v) is 8.18. The first-order chi connectivity index (χ1) is 15.3. The molecule has 164 valence electrons. The van der Waals surface area contributed by atoms with Crippen molar-refractivity contribution in [2.24, 2.45) is 0 Å². The smallest absolute Gasteiger partial charge is 0.356 e. The summed E-state index contributed by atoms with van der Waals surface area (Å²) in [5, 5.41) is 4.07. The monoisotopic (exact) mass is 457 g/mol. The van der Waals surface area contributed by atoms with Gasteiger partial charge in [-0.3, -0.25) is 10.7 Å². The molecule has 0 saturated heterocycles. The molecule has 32 heavy (non-hydrogen) atoms. The standard InChI is InChI=1S/C21H18FN4O5P/c22-16-6-4-15(5-7-16)19-8-3-14(12-24-19)10-17-11-20(31-25-17)18-2-1-9-26(21(18)23)13-30-32(27,28)29/h1-9,11-12,23H,10,13H2,(H2,27,28,29)/p+1. The quantitative estimate of drug-likeness (QED) is 0.285. The minimum Gasteiger partial charge on any atom is -0.356 e.